The average Bonchev–Trinajstić information content (AvgIpc) is 2.31. The normalized spacial score (nSPS) is 10.3. The van der Waals surface area contributed by atoms with E-state index in [1.807, 2.05) is 31.2 Å². The number of nitrogens with one attached hydrogen (secondary N) is 1. The van der Waals surface area contributed by atoms with Crippen LogP contribution in [0, 0.1) is 19.3 Å². The van der Waals surface area contributed by atoms with Gasteiger partial charge in [-0.25, -0.2) is 0 Å². The Hall–Kier alpha value is -1.74. The van der Waals surface area contributed by atoms with Crippen LogP contribution in [0.25, 0.3) is 0 Å². The second-order valence-electron chi connectivity index (χ2n) is 4.33. The first-order valence-corrected chi connectivity index (χ1v) is 6.57. The average molecular weight is 256 g/mol. The number of hydrogen-bond acceptors (Lipinski definition) is 2. The van der Waals surface area contributed by atoms with E-state index in [0.29, 0.717) is 0 Å². The Balaban J connectivity index is 2.37. The second-order valence-corrected chi connectivity index (χ2v) is 5.45. The number of aryl methyl sites for hydroxylation is 2. The molecular formula is C15H16N2S. The maximum atomic E-state index is 7.65. The van der Waals surface area contributed by atoms with Crippen molar-refractivity contribution in [3.8, 4) is 0 Å². The summed E-state index contributed by atoms with van der Waals surface area (Å²) in [5.41, 5.74) is 8.80. The van der Waals surface area contributed by atoms with Crippen LogP contribution in [-0.4, -0.2) is 5.84 Å². The zero-order chi connectivity index (χ0) is 13.1. The SMILES string of the molecule is Cc1cccc(Sc2ccc(C)cc2C(=N)N)c1. The van der Waals surface area contributed by atoms with Crippen molar-refractivity contribution in [2.75, 3.05) is 0 Å². The molecule has 0 bridgehead atoms. The lowest BCUT2D eigenvalue weighted by Crippen LogP contribution is -2.12. The summed E-state index contributed by atoms with van der Waals surface area (Å²) in [4.78, 5) is 2.19. The molecule has 2 nitrogen and oxygen atoms in total. The molecular weight excluding hydrogens is 240 g/mol. The quantitative estimate of drug-likeness (QED) is 0.649. The van der Waals surface area contributed by atoms with Gasteiger partial charge in [-0.2, -0.15) is 0 Å². The molecule has 0 saturated heterocycles. The molecule has 0 amide bonds. The fourth-order valence-corrected chi connectivity index (χ4v) is 2.81. The van der Waals surface area contributed by atoms with Gasteiger partial charge < -0.3 is 5.73 Å². The van der Waals surface area contributed by atoms with E-state index in [9.17, 15) is 0 Å². The highest BCUT2D eigenvalue weighted by Gasteiger charge is 2.07. The molecule has 0 aliphatic rings. The van der Waals surface area contributed by atoms with Crippen molar-refractivity contribution in [2.24, 2.45) is 5.73 Å². The molecule has 3 heteroatoms. The van der Waals surface area contributed by atoms with Crippen LogP contribution in [0.3, 0.4) is 0 Å². The van der Waals surface area contributed by atoms with Gasteiger partial charge in [0.1, 0.15) is 5.84 Å². The van der Waals surface area contributed by atoms with Crippen molar-refractivity contribution in [2.45, 2.75) is 23.6 Å². The summed E-state index contributed by atoms with van der Waals surface area (Å²) in [7, 11) is 0. The molecule has 0 heterocycles. The van der Waals surface area contributed by atoms with E-state index in [-0.39, 0.29) is 5.84 Å². The number of benzene rings is 2. The molecule has 3 N–H and O–H groups in total. The van der Waals surface area contributed by atoms with E-state index >= 15 is 0 Å². The van der Waals surface area contributed by atoms with Crippen molar-refractivity contribution >= 4 is 17.6 Å². The van der Waals surface area contributed by atoms with E-state index < -0.39 is 0 Å². The van der Waals surface area contributed by atoms with Crippen LogP contribution in [0.2, 0.25) is 0 Å². The standard InChI is InChI=1S/C15H16N2S/c1-10-4-3-5-12(8-10)18-14-7-6-11(2)9-13(14)15(16)17/h3-9H,1-2H3,(H3,16,17). The minimum atomic E-state index is 0.119. The molecule has 18 heavy (non-hydrogen) atoms. The maximum absolute atomic E-state index is 7.65. The maximum Gasteiger partial charge on any atom is 0.123 e. The van der Waals surface area contributed by atoms with Crippen LogP contribution in [0.4, 0.5) is 0 Å². The zero-order valence-corrected chi connectivity index (χ0v) is 11.3. The summed E-state index contributed by atoms with van der Waals surface area (Å²) in [6.45, 7) is 4.08. The Morgan fingerprint density at radius 1 is 1.06 bits per heavy atom. The van der Waals surface area contributed by atoms with Gasteiger partial charge in [-0.1, -0.05) is 41.1 Å². The second kappa shape index (κ2) is 5.27. The van der Waals surface area contributed by atoms with E-state index in [1.165, 1.54) is 10.5 Å². The van der Waals surface area contributed by atoms with Crippen molar-refractivity contribution in [1.82, 2.24) is 0 Å². The highest BCUT2D eigenvalue weighted by atomic mass is 32.2. The summed E-state index contributed by atoms with van der Waals surface area (Å²) in [6, 6.07) is 14.4. The number of rotatable bonds is 3. The minimum Gasteiger partial charge on any atom is -0.384 e. The van der Waals surface area contributed by atoms with Crippen LogP contribution in [0.5, 0.6) is 0 Å². The van der Waals surface area contributed by atoms with Crippen LogP contribution in [0.1, 0.15) is 16.7 Å². The summed E-state index contributed by atoms with van der Waals surface area (Å²) in [6.07, 6.45) is 0. The first-order chi connectivity index (χ1) is 8.56. The van der Waals surface area contributed by atoms with Crippen LogP contribution in [0.15, 0.2) is 52.3 Å². The van der Waals surface area contributed by atoms with E-state index in [2.05, 4.69) is 25.1 Å². The first-order valence-electron chi connectivity index (χ1n) is 5.76. The Labute approximate surface area is 112 Å². The van der Waals surface area contributed by atoms with Gasteiger partial charge >= 0.3 is 0 Å². The predicted molar refractivity (Wildman–Crippen MR) is 77.5 cm³/mol. The number of nitrogens with two attached hydrogens (primary N) is 1. The molecule has 0 radical (unpaired) electrons. The molecule has 2 aromatic rings. The molecule has 0 aliphatic carbocycles. The van der Waals surface area contributed by atoms with Crippen molar-refractivity contribution in [1.29, 1.82) is 5.41 Å². The van der Waals surface area contributed by atoms with Crippen LogP contribution < -0.4 is 5.73 Å². The van der Waals surface area contributed by atoms with E-state index in [4.69, 9.17) is 11.1 Å². The van der Waals surface area contributed by atoms with Gasteiger partial charge in [0.05, 0.1) is 0 Å². The summed E-state index contributed by atoms with van der Waals surface area (Å²) in [5, 5.41) is 7.65. The predicted octanol–water partition coefficient (Wildman–Crippen LogP) is 3.74. The highest BCUT2D eigenvalue weighted by Crippen LogP contribution is 2.31. The molecule has 0 aromatic heterocycles. The zero-order valence-electron chi connectivity index (χ0n) is 10.5. The summed E-state index contributed by atoms with van der Waals surface area (Å²) < 4.78 is 0. The van der Waals surface area contributed by atoms with Crippen molar-refractivity contribution in [3.05, 3.63) is 59.2 Å². The molecule has 92 valence electrons. The molecule has 0 fully saturated rings. The molecule has 2 aromatic carbocycles. The molecule has 0 spiro atoms. The van der Waals surface area contributed by atoms with Crippen molar-refractivity contribution in [3.63, 3.8) is 0 Å². The molecule has 0 atom stereocenters. The summed E-state index contributed by atoms with van der Waals surface area (Å²) in [5.74, 6) is 0.119. The lowest BCUT2D eigenvalue weighted by Gasteiger charge is -2.09. The van der Waals surface area contributed by atoms with Crippen LogP contribution in [-0.2, 0) is 0 Å². The monoisotopic (exact) mass is 256 g/mol. The minimum absolute atomic E-state index is 0.119. The fraction of sp³-hybridized carbons (Fsp3) is 0.133. The molecule has 0 unspecified atom stereocenters. The highest BCUT2D eigenvalue weighted by molar-refractivity contribution is 7.99. The van der Waals surface area contributed by atoms with Gasteiger partial charge in [0, 0.05) is 15.4 Å². The third-order valence-corrected chi connectivity index (χ3v) is 3.71. The first kappa shape index (κ1) is 12.7. The smallest absolute Gasteiger partial charge is 0.123 e. The fourth-order valence-electron chi connectivity index (χ4n) is 1.75. The van der Waals surface area contributed by atoms with Gasteiger partial charge in [-0.05, 0) is 38.1 Å². The van der Waals surface area contributed by atoms with Gasteiger partial charge in [0.25, 0.3) is 0 Å². The number of nitrogen functional groups attached to an aromatic ring is 1. The third kappa shape index (κ3) is 2.93. The number of amidine groups is 1. The topological polar surface area (TPSA) is 49.9 Å². The molecule has 2 rings (SSSR count). The van der Waals surface area contributed by atoms with E-state index in [0.717, 1.165) is 16.0 Å². The Morgan fingerprint density at radius 2 is 1.78 bits per heavy atom. The van der Waals surface area contributed by atoms with Gasteiger partial charge in [0.15, 0.2) is 0 Å². The van der Waals surface area contributed by atoms with Gasteiger partial charge in [-0.15, -0.1) is 0 Å². The number of hydrogen-bond donors (Lipinski definition) is 2. The Morgan fingerprint density at radius 3 is 2.44 bits per heavy atom. The third-order valence-electron chi connectivity index (χ3n) is 2.64. The molecule has 0 aliphatic heterocycles. The Kier molecular flexibility index (Phi) is 3.72. The molecule has 0 saturated carbocycles. The lowest BCUT2D eigenvalue weighted by molar-refractivity contribution is 1.29. The van der Waals surface area contributed by atoms with E-state index in [1.54, 1.807) is 11.8 Å². The largest absolute Gasteiger partial charge is 0.384 e. The van der Waals surface area contributed by atoms with Gasteiger partial charge in [-0.3, -0.25) is 5.41 Å². The summed E-state index contributed by atoms with van der Waals surface area (Å²) >= 11 is 1.64. The lowest BCUT2D eigenvalue weighted by atomic mass is 10.1. The van der Waals surface area contributed by atoms with Gasteiger partial charge in [0.2, 0.25) is 0 Å². The Bertz CT molecular complexity index is 591. The van der Waals surface area contributed by atoms with Crippen LogP contribution >= 0.6 is 11.8 Å². The van der Waals surface area contributed by atoms with Crippen molar-refractivity contribution < 1.29 is 0 Å².